The molecule has 0 bridgehead atoms. The number of ether oxygens (including phenoxy) is 3. The number of phenols is 3. The molecule has 1 atom stereocenters. The van der Waals surface area contributed by atoms with Crippen molar-refractivity contribution in [1.29, 1.82) is 0 Å². The van der Waals surface area contributed by atoms with Crippen molar-refractivity contribution < 1.29 is 34.3 Å². The second kappa shape index (κ2) is 6.67. The summed E-state index contributed by atoms with van der Waals surface area (Å²) in [6.45, 7) is 1.72. The number of phenolic OH excluding ortho intramolecular Hbond substituents is 3. The lowest BCUT2D eigenvalue weighted by atomic mass is 9.87. The molecule has 0 saturated heterocycles. The number of Topliss-reactive ketones (excluding diaryl/α,β-unsaturated/α-hetero) is 1. The zero-order valence-corrected chi connectivity index (χ0v) is 14.7. The van der Waals surface area contributed by atoms with E-state index >= 15 is 0 Å². The fraction of sp³-hybridized carbons (Fsp3) is 0.316. The third-order valence-electron chi connectivity index (χ3n) is 4.55. The van der Waals surface area contributed by atoms with Gasteiger partial charge >= 0.3 is 0 Å². The first-order chi connectivity index (χ1) is 12.4. The minimum absolute atomic E-state index is 0.0689. The van der Waals surface area contributed by atoms with Crippen molar-refractivity contribution >= 4 is 5.78 Å². The van der Waals surface area contributed by atoms with Crippen molar-refractivity contribution in [2.75, 3.05) is 20.8 Å². The van der Waals surface area contributed by atoms with E-state index in [0.717, 1.165) is 0 Å². The van der Waals surface area contributed by atoms with Crippen LogP contribution in [0.5, 0.6) is 34.5 Å². The van der Waals surface area contributed by atoms with E-state index in [2.05, 4.69) is 0 Å². The lowest BCUT2D eigenvalue weighted by molar-refractivity contribution is 0.0820. The molecule has 1 heterocycles. The second-order valence-corrected chi connectivity index (χ2v) is 6.14. The highest BCUT2D eigenvalue weighted by atomic mass is 16.5. The fourth-order valence-corrected chi connectivity index (χ4v) is 3.18. The van der Waals surface area contributed by atoms with Gasteiger partial charge in [0.2, 0.25) is 5.75 Å². The number of carbonyl (C=O) groups excluding carboxylic acids is 1. The summed E-state index contributed by atoms with van der Waals surface area (Å²) in [7, 11) is 2.88. The van der Waals surface area contributed by atoms with Gasteiger partial charge in [0.25, 0.3) is 0 Å². The summed E-state index contributed by atoms with van der Waals surface area (Å²) < 4.78 is 16.3. The Hall–Kier alpha value is -3.09. The second-order valence-electron chi connectivity index (χ2n) is 6.14. The summed E-state index contributed by atoms with van der Waals surface area (Å²) in [6, 6.07) is 4.39. The van der Waals surface area contributed by atoms with Crippen LogP contribution in [0.1, 0.15) is 21.5 Å². The van der Waals surface area contributed by atoms with Gasteiger partial charge in [0.05, 0.1) is 26.7 Å². The van der Waals surface area contributed by atoms with Crippen molar-refractivity contribution in [2.45, 2.75) is 13.3 Å². The number of hydrogen-bond donors (Lipinski definition) is 3. The maximum atomic E-state index is 13.0. The van der Waals surface area contributed by atoms with Crippen LogP contribution in [0.15, 0.2) is 18.2 Å². The van der Waals surface area contributed by atoms with Crippen LogP contribution < -0.4 is 14.2 Å². The highest BCUT2D eigenvalue weighted by Gasteiger charge is 2.37. The average Bonchev–Trinajstić information content (AvgIpc) is 2.62. The number of aromatic hydroxyl groups is 3. The Bertz CT molecular complexity index is 873. The first kappa shape index (κ1) is 17.7. The van der Waals surface area contributed by atoms with Crippen molar-refractivity contribution in [3.63, 3.8) is 0 Å². The summed E-state index contributed by atoms with van der Waals surface area (Å²) in [6.07, 6.45) is 0.291. The number of fused-ring (bicyclic) bond motifs is 1. The molecule has 0 radical (unpaired) electrons. The topological polar surface area (TPSA) is 105 Å². The molecule has 2 aromatic rings. The standard InChI is InChI=1S/C19H20O7/c1-9-15(22)14-16(23)11(6-10-4-5-12(20)13(21)7-10)8-26-18(14)19(25-3)17(9)24-2/h4-5,7,11,20-22H,6,8H2,1-3H3/t11-/m1/s1. The van der Waals surface area contributed by atoms with Gasteiger partial charge < -0.3 is 29.5 Å². The Morgan fingerprint density at radius 2 is 1.81 bits per heavy atom. The molecule has 0 saturated carbocycles. The smallest absolute Gasteiger partial charge is 0.204 e. The van der Waals surface area contributed by atoms with Gasteiger partial charge in [0, 0.05) is 5.56 Å². The molecule has 0 fully saturated rings. The molecule has 3 rings (SSSR count). The molecule has 138 valence electrons. The van der Waals surface area contributed by atoms with E-state index in [1.165, 1.54) is 26.4 Å². The van der Waals surface area contributed by atoms with Gasteiger partial charge in [-0.2, -0.15) is 0 Å². The highest BCUT2D eigenvalue weighted by molar-refractivity contribution is 6.05. The zero-order valence-electron chi connectivity index (χ0n) is 14.7. The number of benzene rings is 2. The van der Waals surface area contributed by atoms with Gasteiger partial charge in [0.1, 0.15) is 11.3 Å². The molecule has 1 aliphatic rings. The van der Waals surface area contributed by atoms with Crippen molar-refractivity contribution in [1.82, 2.24) is 0 Å². The van der Waals surface area contributed by atoms with Crippen LogP contribution in [0.3, 0.4) is 0 Å². The molecule has 3 N–H and O–H groups in total. The largest absolute Gasteiger partial charge is 0.507 e. The monoisotopic (exact) mass is 360 g/mol. The van der Waals surface area contributed by atoms with Gasteiger partial charge in [0.15, 0.2) is 28.8 Å². The molecule has 0 aliphatic carbocycles. The van der Waals surface area contributed by atoms with Gasteiger partial charge in [-0.25, -0.2) is 0 Å². The molecule has 2 aromatic carbocycles. The molecule has 0 aromatic heterocycles. The quantitative estimate of drug-likeness (QED) is 0.720. The number of methoxy groups -OCH3 is 2. The molecule has 0 spiro atoms. The maximum Gasteiger partial charge on any atom is 0.204 e. The average molecular weight is 360 g/mol. The van der Waals surface area contributed by atoms with E-state index in [1.54, 1.807) is 13.0 Å². The lowest BCUT2D eigenvalue weighted by Crippen LogP contribution is -2.30. The van der Waals surface area contributed by atoms with Crippen LogP contribution in [0.25, 0.3) is 0 Å². The molecular weight excluding hydrogens is 340 g/mol. The third-order valence-corrected chi connectivity index (χ3v) is 4.55. The summed E-state index contributed by atoms with van der Waals surface area (Å²) in [5, 5.41) is 29.5. The van der Waals surface area contributed by atoms with E-state index in [4.69, 9.17) is 14.2 Å². The molecule has 0 amide bonds. The van der Waals surface area contributed by atoms with Gasteiger partial charge in [-0.1, -0.05) is 6.07 Å². The number of hydrogen-bond acceptors (Lipinski definition) is 7. The lowest BCUT2D eigenvalue weighted by Gasteiger charge is -2.28. The summed E-state index contributed by atoms with van der Waals surface area (Å²) >= 11 is 0. The summed E-state index contributed by atoms with van der Waals surface area (Å²) in [4.78, 5) is 13.0. The molecule has 7 nitrogen and oxygen atoms in total. The number of rotatable bonds is 4. The Morgan fingerprint density at radius 3 is 2.42 bits per heavy atom. The zero-order chi connectivity index (χ0) is 19.0. The van der Waals surface area contributed by atoms with Crippen LogP contribution in [0, 0.1) is 12.8 Å². The summed E-state index contributed by atoms with van der Waals surface area (Å²) in [5.41, 5.74) is 1.13. The highest BCUT2D eigenvalue weighted by Crippen LogP contribution is 2.50. The van der Waals surface area contributed by atoms with Crippen molar-refractivity contribution in [3.8, 4) is 34.5 Å². The predicted molar refractivity (Wildman–Crippen MR) is 92.7 cm³/mol. The maximum absolute atomic E-state index is 13.0. The van der Waals surface area contributed by atoms with Crippen LogP contribution >= 0.6 is 0 Å². The van der Waals surface area contributed by atoms with Crippen LogP contribution in [-0.4, -0.2) is 41.9 Å². The van der Waals surface area contributed by atoms with E-state index in [0.29, 0.717) is 23.3 Å². The SMILES string of the molecule is COc1c(C)c(O)c2c(c1OC)OC[C@@H](Cc1ccc(O)c(O)c1)C2=O. The van der Waals surface area contributed by atoms with Gasteiger partial charge in [-0.3, -0.25) is 4.79 Å². The van der Waals surface area contributed by atoms with Crippen LogP contribution in [-0.2, 0) is 6.42 Å². The minimum Gasteiger partial charge on any atom is -0.507 e. The Kier molecular flexibility index (Phi) is 4.54. The fourth-order valence-electron chi connectivity index (χ4n) is 3.18. The molecule has 7 heteroatoms. The normalized spacial score (nSPS) is 16.0. The Morgan fingerprint density at radius 1 is 1.12 bits per heavy atom. The van der Waals surface area contributed by atoms with E-state index < -0.39 is 5.92 Å². The summed E-state index contributed by atoms with van der Waals surface area (Å²) in [5.74, 6) is -0.740. The number of carbonyl (C=O) groups is 1. The van der Waals surface area contributed by atoms with E-state index in [1.807, 2.05) is 0 Å². The first-order valence-electron chi connectivity index (χ1n) is 8.04. The molecule has 26 heavy (non-hydrogen) atoms. The van der Waals surface area contributed by atoms with Gasteiger partial charge in [-0.15, -0.1) is 0 Å². The minimum atomic E-state index is -0.546. The van der Waals surface area contributed by atoms with Crippen LogP contribution in [0.4, 0.5) is 0 Å². The van der Waals surface area contributed by atoms with E-state index in [9.17, 15) is 20.1 Å². The van der Waals surface area contributed by atoms with Crippen molar-refractivity contribution in [2.24, 2.45) is 5.92 Å². The third kappa shape index (κ3) is 2.75. The molecular formula is C19H20O7. The van der Waals surface area contributed by atoms with E-state index in [-0.39, 0.29) is 46.7 Å². The molecule has 0 unspecified atom stereocenters. The van der Waals surface area contributed by atoms with Crippen molar-refractivity contribution in [3.05, 3.63) is 34.9 Å². The number of ketones is 1. The Labute approximate surface area is 150 Å². The Balaban J connectivity index is 2.00. The van der Waals surface area contributed by atoms with Crippen LogP contribution in [0.2, 0.25) is 0 Å². The molecule has 1 aliphatic heterocycles. The first-order valence-corrected chi connectivity index (χ1v) is 8.04. The predicted octanol–water partition coefficient (Wildman–Crippen LogP) is 2.56. The van der Waals surface area contributed by atoms with Gasteiger partial charge in [-0.05, 0) is 31.0 Å².